The topological polar surface area (TPSA) is 75.0 Å². The molecule has 1 unspecified atom stereocenters. The van der Waals surface area contributed by atoms with Crippen LogP contribution in [0.4, 0.5) is 0 Å². The van der Waals surface area contributed by atoms with Gasteiger partial charge in [-0.2, -0.15) is 5.10 Å². The lowest BCUT2D eigenvalue weighted by atomic mass is 10.0. The smallest absolute Gasteiger partial charge is 0.290 e. The number of carbonyl (C=O) groups excluding carboxylic acids is 1. The van der Waals surface area contributed by atoms with Gasteiger partial charge in [0.15, 0.2) is 5.76 Å². The number of piperidine rings is 1. The molecule has 2 aromatic rings. The third-order valence-corrected chi connectivity index (χ3v) is 4.07. The number of rotatable bonds is 3. The van der Waals surface area contributed by atoms with E-state index < -0.39 is 0 Å². The fourth-order valence-corrected chi connectivity index (χ4v) is 2.95. The summed E-state index contributed by atoms with van der Waals surface area (Å²) in [7, 11) is 0. The van der Waals surface area contributed by atoms with Crippen LogP contribution in [0.25, 0.3) is 0 Å². The van der Waals surface area contributed by atoms with Crippen LogP contribution in [0, 0.1) is 6.92 Å². The number of aromatic amines is 1. The van der Waals surface area contributed by atoms with E-state index in [9.17, 15) is 4.79 Å². The van der Waals surface area contributed by atoms with Gasteiger partial charge in [0.1, 0.15) is 17.9 Å². The first-order valence-corrected chi connectivity index (χ1v) is 7.46. The number of nitrogens with one attached hydrogen (secondary N) is 1. The van der Waals surface area contributed by atoms with Crippen molar-refractivity contribution in [1.82, 2.24) is 20.1 Å². The van der Waals surface area contributed by atoms with E-state index in [1.807, 2.05) is 24.8 Å². The largest absolute Gasteiger partial charge is 0.456 e. The molecule has 1 aliphatic rings. The average Bonchev–Trinajstić information content (AvgIpc) is 3.15. The van der Waals surface area contributed by atoms with E-state index in [4.69, 9.17) is 4.42 Å². The molecule has 6 heteroatoms. The van der Waals surface area contributed by atoms with Crippen LogP contribution >= 0.6 is 0 Å². The van der Waals surface area contributed by atoms with Gasteiger partial charge in [0.2, 0.25) is 0 Å². The minimum atomic E-state index is -0.0566. The van der Waals surface area contributed by atoms with Crippen molar-refractivity contribution in [3.63, 3.8) is 0 Å². The number of nitrogens with zero attached hydrogens (tertiary/aromatic N) is 3. The van der Waals surface area contributed by atoms with Crippen molar-refractivity contribution in [2.24, 2.45) is 0 Å². The molecule has 0 spiro atoms. The number of H-pyrrole nitrogens is 1. The van der Waals surface area contributed by atoms with Gasteiger partial charge >= 0.3 is 0 Å². The molecule has 1 atom stereocenters. The molecule has 0 aromatic carbocycles. The van der Waals surface area contributed by atoms with Gasteiger partial charge in [-0.25, -0.2) is 4.98 Å². The first-order valence-electron chi connectivity index (χ1n) is 7.46. The van der Waals surface area contributed by atoms with E-state index >= 15 is 0 Å². The van der Waals surface area contributed by atoms with Crippen molar-refractivity contribution in [2.75, 3.05) is 6.54 Å². The molecule has 21 heavy (non-hydrogen) atoms. The monoisotopic (exact) mass is 288 g/mol. The molecule has 1 saturated heterocycles. The lowest BCUT2D eigenvalue weighted by Gasteiger charge is -2.33. The summed E-state index contributed by atoms with van der Waals surface area (Å²) in [6, 6.07) is 1.80. The highest BCUT2D eigenvalue weighted by molar-refractivity contribution is 5.92. The molecule has 2 aromatic heterocycles. The lowest BCUT2D eigenvalue weighted by molar-refractivity contribution is 0.0566. The van der Waals surface area contributed by atoms with Gasteiger partial charge in [0.05, 0.1) is 6.04 Å². The summed E-state index contributed by atoms with van der Waals surface area (Å²) >= 11 is 0. The third-order valence-electron chi connectivity index (χ3n) is 4.07. The minimum absolute atomic E-state index is 0.0377. The van der Waals surface area contributed by atoms with E-state index in [-0.39, 0.29) is 11.9 Å². The Kier molecular flexibility index (Phi) is 3.77. The standard InChI is InChI=1S/C15H20N4O2/c1-3-12-10(2)8-13(21-12)15(20)19-7-5-4-6-11(19)14-16-9-17-18-14/h8-9,11H,3-7H2,1-2H3,(H,16,17,18). The van der Waals surface area contributed by atoms with Crippen LogP contribution < -0.4 is 0 Å². The zero-order valence-corrected chi connectivity index (χ0v) is 12.4. The van der Waals surface area contributed by atoms with E-state index in [0.29, 0.717) is 5.76 Å². The second kappa shape index (κ2) is 5.71. The zero-order chi connectivity index (χ0) is 14.8. The van der Waals surface area contributed by atoms with Crippen molar-refractivity contribution in [1.29, 1.82) is 0 Å². The van der Waals surface area contributed by atoms with Crippen LogP contribution in [0.3, 0.4) is 0 Å². The van der Waals surface area contributed by atoms with Crippen LogP contribution in [0.5, 0.6) is 0 Å². The maximum absolute atomic E-state index is 12.8. The normalized spacial score (nSPS) is 19.0. The van der Waals surface area contributed by atoms with Crippen molar-refractivity contribution in [2.45, 2.75) is 45.6 Å². The summed E-state index contributed by atoms with van der Waals surface area (Å²) in [6.45, 7) is 4.73. The molecule has 1 N–H and O–H groups in total. The second-order valence-corrected chi connectivity index (χ2v) is 5.45. The van der Waals surface area contributed by atoms with E-state index in [1.165, 1.54) is 6.33 Å². The third kappa shape index (κ3) is 2.57. The first kappa shape index (κ1) is 13.9. The van der Waals surface area contributed by atoms with E-state index in [2.05, 4.69) is 15.2 Å². The first-order chi connectivity index (χ1) is 10.2. The number of amides is 1. The van der Waals surface area contributed by atoms with Crippen LogP contribution in [0.2, 0.25) is 0 Å². The molecular formula is C15H20N4O2. The molecule has 0 aliphatic carbocycles. The lowest BCUT2D eigenvalue weighted by Crippen LogP contribution is -2.38. The molecule has 1 fully saturated rings. The molecule has 0 bridgehead atoms. The van der Waals surface area contributed by atoms with Crippen LogP contribution in [0.15, 0.2) is 16.8 Å². The summed E-state index contributed by atoms with van der Waals surface area (Å²) in [5.74, 6) is 2.00. The Bertz CT molecular complexity index is 618. The number of hydrogen-bond donors (Lipinski definition) is 1. The molecule has 1 aliphatic heterocycles. The van der Waals surface area contributed by atoms with Crippen molar-refractivity contribution < 1.29 is 9.21 Å². The molecule has 112 valence electrons. The molecule has 6 nitrogen and oxygen atoms in total. The average molecular weight is 288 g/mol. The molecule has 1 amide bonds. The molecular weight excluding hydrogens is 268 g/mol. The van der Waals surface area contributed by atoms with Crippen LogP contribution in [-0.4, -0.2) is 32.5 Å². The maximum atomic E-state index is 12.8. The van der Waals surface area contributed by atoms with Gasteiger partial charge in [0, 0.05) is 13.0 Å². The summed E-state index contributed by atoms with van der Waals surface area (Å²) in [4.78, 5) is 18.8. The highest BCUT2D eigenvalue weighted by atomic mass is 16.4. The number of aromatic nitrogens is 3. The maximum Gasteiger partial charge on any atom is 0.290 e. The Morgan fingerprint density at radius 1 is 1.52 bits per heavy atom. The molecule has 0 saturated carbocycles. The van der Waals surface area contributed by atoms with Gasteiger partial charge < -0.3 is 9.32 Å². The Labute approximate surface area is 123 Å². The SMILES string of the molecule is CCc1oc(C(=O)N2CCCCC2c2ncn[nH]2)cc1C. The number of furan rings is 1. The Balaban J connectivity index is 1.87. The van der Waals surface area contributed by atoms with Crippen molar-refractivity contribution in [3.05, 3.63) is 35.3 Å². The summed E-state index contributed by atoms with van der Waals surface area (Å²) in [5.41, 5.74) is 1.04. The highest BCUT2D eigenvalue weighted by Gasteiger charge is 2.32. The van der Waals surface area contributed by atoms with Gasteiger partial charge in [-0.3, -0.25) is 9.89 Å². The van der Waals surface area contributed by atoms with Crippen molar-refractivity contribution in [3.8, 4) is 0 Å². The van der Waals surface area contributed by atoms with Gasteiger partial charge in [0.25, 0.3) is 5.91 Å². The zero-order valence-electron chi connectivity index (χ0n) is 12.4. The number of likely N-dealkylation sites (tertiary alicyclic amines) is 1. The fraction of sp³-hybridized carbons (Fsp3) is 0.533. The number of hydrogen-bond acceptors (Lipinski definition) is 4. The van der Waals surface area contributed by atoms with Gasteiger partial charge in [-0.1, -0.05) is 6.92 Å². The fourth-order valence-electron chi connectivity index (χ4n) is 2.95. The summed E-state index contributed by atoms with van der Waals surface area (Å²) in [6.07, 6.45) is 5.29. The minimum Gasteiger partial charge on any atom is -0.456 e. The van der Waals surface area contributed by atoms with Crippen LogP contribution in [0.1, 0.15) is 59.9 Å². The van der Waals surface area contributed by atoms with Gasteiger partial charge in [-0.05, 0) is 37.8 Å². The van der Waals surface area contributed by atoms with E-state index in [0.717, 1.165) is 49.4 Å². The summed E-state index contributed by atoms with van der Waals surface area (Å²) in [5, 5.41) is 6.78. The predicted molar refractivity (Wildman–Crippen MR) is 76.8 cm³/mol. The molecule has 3 heterocycles. The van der Waals surface area contributed by atoms with Crippen LogP contribution in [-0.2, 0) is 6.42 Å². The molecule has 0 radical (unpaired) electrons. The Morgan fingerprint density at radius 2 is 2.38 bits per heavy atom. The second-order valence-electron chi connectivity index (χ2n) is 5.45. The van der Waals surface area contributed by atoms with E-state index in [1.54, 1.807) is 0 Å². The van der Waals surface area contributed by atoms with Gasteiger partial charge in [-0.15, -0.1) is 0 Å². The van der Waals surface area contributed by atoms with Crippen molar-refractivity contribution >= 4 is 5.91 Å². The predicted octanol–water partition coefficient (Wildman–Crippen LogP) is 2.64. The number of carbonyl (C=O) groups is 1. The Hall–Kier alpha value is -2.11. The Morgan fingerprint density at radius 3 is 3.05 bits per heavy atom. The quantitative estimate of drug-likeness (QED) is 0.942. The molecule has 3 rings (SSSR count). The highest BCUT2D eigenvalue weighted by Crippen LogP contribution is 2.30. The number of aryl methyl sites for hydroxylation is 2. The summed E-state index contributed by atoms with van der Waals surface area (Å²) < 4.78 is 5.71.